The minimum absolute atomic E-state index is 0.0191. The van der Waals surface area contributed by atoms with Crippen LogP contribution in [0.2, 0.25) is 0 Å². The van der Waals surface area contributed by atoms with Crippen LogP contribution < -0.4 is 9.47 Å². The van der Waals surface area contributed by atoms with Gasteiger partial charge in [0.2, 0.25) is 0 Å². The molecule has 5 heteroatoms. The smallest absolute Gasteiger partial charge is 0.171 e. The number of hydrogen-bond acceptors (Lipinski definition) is 3. The van der Waals surface area contributed by atoms with Crippen molar-refractivity contribution < 1.29 is 23.0 Å². The van der Waals surface area contributed by atoms with E-state index in [1.54, 1.807) is 0 Å². The van der Waals surface area contributed by atoms with Crippen molar-refractivity contribution in [2.45, 2.75) is 12.8 Å². The number of ether oxygens (including phenoxy) is 2. The first-order valence-corrected chi connectivity index (χ1v) is 4.68. The summed E-state index contributed by atoms with van der Waals surface area (Å²) in [6, 6.07) is 1.13. The van der Waals surface area contributed by atoms with Crippen LogP contribution in [0.15, 0.2) is 6.07 Å². The Morgan fingerprint density at radius 1 is 1.19 bits per heavy atom. The lowest BCUT2D eigenvalue weighted by atomic mass is 10.1. The zero-order chi connectivity index (χ0) is 12.1. The van der Waals surface area contributed by atoms with Gasteiger partial charge in [0.25, 0.3) is 0 Å². The van der Waals surface area contributed by atoms with E-state index in [0.717, 1.165) is 6.07 Å². The fraction of sp³-hybridized carbons (Fsp3) is 0.364. The maximum Gasteiger partial charge on any atom is 0.171 e. The molecule has 0 aliphatic rings. The number of benzene rings is 1. The first kappa shape index (κ1) is 12.4. The minimum atomic E-state index is -0.789. The van der Waals surface area contributed by atoms with E-state index in [0.29, 0.717) is 6.29 Å². The average molecular weight is 230 g/mol. The lowest BCUT2D eigenvalue weighted by molar-refractivity contribution is -0.107. The summed E-state index contributed by atoms with van der Waals surface area (Å²) < 4.78 is 36.8. The van der Waals surface area contributed by atoms with Crippen molar-refractivity contribution in [3.63, 3.8) is 0 Å². The second-order valence-corrected chi connectivity index (χ2v) is 3.09. The molecule has 0 aliphatic heterocycles. The molecule has 0 bridgehead atoms. The summed E-state index contributed by atoms with van der Waals surface area (Å²) in [6.45, 7) is 0. The molecule has 88 valence electrons. The van der Waals surface area contributed by atoms with Crippen molar-refractivity contribution in [1.82, 2.24) is 0 Å². The van der Waals surface area contributed by atoms with Crippen molar-refractivity contribution in [1.29, 1.82) is 0 Å². The quantitative estimate of drug-likeness (QED) is 0.727. The first-order chi connectivity index (χ1) is 7.65. The van der Waals surface area contributed by atoms with Gasteiger partial charge >= 0.3 is 0 Å². The Hall–Kier alpha value is -1.65. The Morgan fingerprint density at radius 2 is 1.69 bits per heavy atom. The molecule has 0 radical (unpaired) electrons. The molecule has 0 fully saturated rings. The number of aldehydes is 1. The normalized spacial score (nSPS) is 10.0. The third-order valence-electron chi connectivity index (χ3n) is 2.18. The fourth-order valence-electron chi connectivity index (χ4n) is 1.36. The van der Waals surface area contributed by atoms with Gasteiger partial charge in [0.05, 0.1) is 14.2 Å². The van der Waals surface area contributed by atoms with Gasteiger partial charge in [0, 0.05) is 18.1 Å². The Labute approximate surface area is 92.0 Å². The van der Waals surface area contributed by atoms with Gasteiger partial charge in [0.1, 0.15) is 6.29 Å². The van der Waals surface area contributed by atoms with E-state index in [4.69, 9.17) is 9.47 Å². The van der Waals surface area contributed by atoms with Gasteiger partial charge in [-0.05, 0) is 6.42 Å². The molecule has 0 aromatic heterocycles. The zero-order valence-electron chi connectivity index (χ0n) is 9.05. The molecule has 0 N–H and O–H groups in total. The fourth-order valence-corrected chi connectivity index (χ4v) is 1.36. The van der Waals surface area contributed by atoms with Crippen LogP contribution in [-0.4, -0.2) is 20.5 Å². The van der Waals surface area contributed by atoms with Crippen LogP contribution in [-0.2, 0) is 11.2 Å². The average Bonchev–Trinajstić information content (AvgIpc) is 2.29. The highest BCUT2D eigenvalue weighted by molar-refractivity contribution is 5.51. The number of rotatable bonds is 5. The molecule has 0 unspecified atom stereocenters. The van der Waals surface area contributed by atoms with Crippen LogP contribution in [0.4, 0.5) is 8.78 Å². The summed E-state index contributed by atoms with van der Waals surface area (Å²) in [5, 5.41) is 0. The predicted octanol–water partition coefficient (Wildman–Crippen LogP) is 2.11. The van der Waals surface area contributed by atoms with Crippen LogP contribution in [0.25, 0.3) is 0 Å². The van der Waals surface area contributed by atoms with Crippen molar-refractivity contribution in [2.24, 2.45) is 0 Å². The van der Waals surface area contributed by atoms with Gasteiger partial charge in [-0.2, -0.15) is 0 Å². The second kappa shape index (κ2) is 5.44. The first-order valence-electron chi connectivity index (χ1n) is 4.68. The number of halogens is 2. The Morgan fingerprint density at radius 3 is 2.06 bits per heavy atom. The molecule has 16 heavy (non-hydrogen) atoms. The van der Waals surface area contributed by atoms with Gasteiger partial charge in [-0.25, -0.2) is 8.78 Å². The van der Waals surface area contributed by atoms with E-state index in [1.165, 1.54) is 14.2 Å². The molecule has 0 atom stereocenters. The van der Waals surface area contributed by atoms with E-state index >= 15 is 0 Å². The van der Waals surface area contributed by atoms with Crippen molar-refractivity contribution in [3.05, 3.63) is 23.3 Å². The topological polar surface area (TPSA) is 35.5 Å². The molecule has 3 nitrogen and oxygen atoms in total. The standard InChI is InChI=1S/C11H12F2O3/c1-15-8-6-9(16-2)11(13)7(10(8)12)4-3-5-14/h5-6H,3-4H2,1-2H3. The molecule has 0 heterocycles. The molecular weight excluding hydrogens is 218 g/mol. The second-order valence-electron chi connectivity index (χ2n) is 3.09. The molecule has 0 saturated heterocycles. The molecule has 0 spiro atoms. The molecule has 1 rings (SSSR count). The minimum Gasteiger partial charge on any atom is -0.494 e. The zero-order valence-corrected chi connectivity index (χ0v) is 9.05. The molecule has 0 aliphatic carbocycles. The third-order valence-corrected chi connectivity index (χ3v) is 2.18. The van der Waals surface area contributed by atoms with Gasteiger partial charge in [-0.1, -0.05) is 0 Å². The molecule has 1 aromatic rings. The predicted molar refractivity (Wildman–Crippen MR) is 53.8 cm³/mol. The maximum atomic E-state index is 13.6. The summed E-state index contributed by atoms with van der Waals surface area (Å²) in [7, 11) is 2.55. The molecule has 0 saturated carbocycles. The number of carbonyl (C=O) groups is 1. The SMILES string of the molecule is COc1cc(OC)c(F)c(CCC=O)c1F. The van der Waals surface area contributed by atoms with Crippen LogP contribution >= 0.6 is 0 Å². The van der Waals surface area contributed by atoms with Crippen molar-refractivity contribution in [3.8, 4) is 11.5 Å². The van der Waals surface area contributed by atoms with Crippen LogP contribution in [0.1, 0.15) is 12.0 Å². The Bertz CT molecular complexity index is 363. The maximum absolute atomic E-state index is 13.6. The Kier molecular flexibility index (Phi) is 4.22. The molecule has 1 aromatic carbocycles. The van der Waals surface area contributed by atoms with Gasteiger partial charge < -0.3 is 14.3 Å². The Balaban J connectivity index is 3.25. The summed E-state index contributed by atoms with van der Waals surface area (Å²) in [6.07, 6.45) is 0.629. The van der Waals surface area contributed by atoms with E-state index in [1.807, 2.05) is 0 Å². The van der Waals surface area contributed by atoms with E-state index < -0.39 is 11.6 Å². The van der Waals surface area contributed by atoms with Crippen LogP contribution in [0.3, 0.4) is 0 Å². The van der Waals surface area contributed by atoms with Crippen LogP contribution in [0.5, 0.6) is 11.5 Å². The van der Waals surface area contributed by atoms with Gasteiger partial charge in [-0.3, -0.25) is 0 Å². The third kappa shape index (κ3) is 2.29. The number of hydrogen-bond donors (Lipinski definition) is 0. The highest BCUT2D eigenvalue weighted by Gasteiger charge is 2.19. The number of methoxy groups -OCH3 is 2. The highest BCUT2D eigenvalue weighted by atomic mass is 19.1. The van der Waals surface area contributed by atoms with Crippen molar-refractivity contribution in [2.75, 3.05) is 14.2 Å². The summed E-state index contributed by atoms with van der Waals surface area (Å²) >= 11 is 0. The number of carbonyl (C=O) groups excluding carboxylic acids is 1. The summed E-state index contributed by atoms with van der Waals surface area (Å²) in [5.41, 5.74) is -0.191. The molecular formula is C11H12F2O3. The lowest BCUT2D eigenvalue weighted by Gasteiger charge is -2.11. The largest absolute Gasteiger partial charge is 0.494 e. The summed E-state index contributed by atoms with van der Waals surface area (Å²) in [5.74, 6) is -1.77. The van der Waals surface area contributed by atoms with Crippen LogP contribution in [0, 0.1) is 11.6 Å². The van der Waals surface area contributed by atoms with E-state index in [-0.39, 0.29) is 29.9 Å². The molecule has 0 amide bonds. The van der Waals surface area contributed by atoms with Gasteiger partial charge in [0.15, 0.2) is 23.1 Å². The monoisotopic (exact) mass is 230 g/mol. The van der Waals surface area contributed by atoms with Gasteiger partial charge in [-0.15, -0.1) is 0 Å². The van der Waals surface area contributed by atoms with E-state index in [2.05, 4.69) is 0 Å². The van der Waals surface area contributed by atoms with Crippen molar-refractivity contribution >= 4 is 6.29 Å². The highest BCUT2D eigenvalue weighted by Crippen LogP contribution is 2.31. The lowest BCUT2D eigenvalue weighted by Crippen LogP contribution is -2.02. The van der Waals surface area contributed by atoms with E-state index in [9.17, 15) is 13.6 Å². The summed E-state index contributed by atoms with van der Waals surface area (Å²) in [4.78, 5) is 10.2.